The van der Waals surface area contributed by atoms with Gasteiger partial charge in [0.15, 0.2) is 0 Å². The first-order valence-electron chi connectivity index (χ1n) is 11.7. The molecule has 1 aliphatic heterocycles. The Morgan fingerprint density at radius 1 is 1.15 bits per heavy atom. The Labute approximate surface area is 195 Å². The highest BCUT2D eigenvalue weighted by Gasteiger charge is 2.26. The molecule has 0 radical (unpaired) electrons. The highest BCUT2D eigenvalue weighted by molar-refractivity contribution is 5.76. The van der Waals surface area contributed by atoms with Gasteiger partial charge in [0.2, 0.25) is 5.91 Å². The van der Waals surface area contributed by atoms with Gasteiger partial charge >= 0.3 is 0 Å². The van der Waals surface area contributed by atoms with E-state index in [1.165, 1.54) is 11.1 Å². The summed E-state index contributed by atoms with van der Waals surface area (Å²) in [5.41, 5.74) is 3.52. The second kappa shape index (κ2) is 10.1. The zero-order chi connectivity index (χ0) is 23.4. The second-order valence-corrected chi connectivity index (χ2v) is 8.98. The van der Waals surface area contributed by atoms with E-state index in [1.807, 2.05) is 48.7 Å². The number of hydrogen-bond acceptors (Lipinski definition) is 5. The minimum Gasteiger partial charge on any atom is -0.497 e. The van der Waals surface area contributed by atoms with Crippen molar-refractivity contribution in [2.75, 3.05) is 20.2 Å². The van der Waals surface area contributed by atoms with Crippen molar-refractivity contribution in [3.63, 3.8) is 0 Å². The van der Waals surface area contributed by atoms with Crippen LogP contribution < -0.4 is 4.74 Å². The molecular weight excluding hydrogens is 414 g/mol. The molecule has 1 amide bonds. The number of nitrogens with zero attached hydrogens (tertiary/aromatic N) is 5. The molecule has 4 rings (SSSR count). The van der Waals surface area contributed by atoms with Crippen LogP contribution in [0.2, 0.25) is 0 Å². The second-order valence-electron chi connectivity index (χ2n) is 8.98. The van der Waals surface area contributed by atoms with E-state index in [-0.39, 0.29) is 11.9 Å². The average molecular weight is 448 g/mol. The lowest BCUT2D eigenvalue weighted by Crippen LogP contribution is -2.39. The fourth-order valence-corrected chi connectivity index (χ4v) is 4.65. The quantitative estimate of drug-likeness (QED) is 0.541. The Bertz CT molecular complexity index is 1080. The fourth-order valence-electron chi connectivity index (χ4n) is 4.65. The summed E-state index contributed by atoms with van der Waals surface area (Å²) >= 11 is 0. The molecule has 7 heteroatoms. The Hall–Kier alpha value is -3.22. The molecule has 33 heavy (non-hydrogen) atoms. The van der Waals surface area contributed by atoms with Crippen LogP contribution in [0.5, 0.6) is 5.75 Å². The van der Waals surface area contributed by atoms with Crippen LogP contribution in [0.4, 0.5) is 0 Å². The number of piperidine rings is 1. The van der Waals surface area contributed by atoms with Crippen LogP contribution in [-0.2, 0) is 11.2 Å². The van der Waals surface area contributed by atoms with Gasteiger partial charge in [-0.1, -0.05) is 18.2 Å². The SMILES string of the molecule is COc1cccc(Cc2ccc(C3CCN(C(=O)C[C@H](C)n4nc(C)nc4C)CC3)nc2)c1. The van der Waals surface area contributed by atoms with Gasteiger partial charge in [-0.3, -0.25) is 9.78 Å². The number of benzene rings is 1. The highest BCUT2D eigenvalue weighted by Crippen LogP contribution is 2.28. The minimum absolute atomic E-state index is 0.00946. The first kappa shape index (κ1) is 23.0. The van der Waals surface area contributed by atoms with Crippen LogP contribution in [-0.4, -0.2) is 50.8 Å². The molecule has 0 N–H and O–H groups in total. The predicted molar refractivity (Wildman–Crippen MR) is 127 cm³/mol. The molecule has 174 valence electrons. The summed E-state index contributed by atoms with van der Waals surface area (Å²) in [5, 5.41) is 4.42. The highest BCUT2D eigenvalue weighted by atomic mass is 16.5. The predicted octanol–water partition coefficient (Wildman–Crippen LogP) is 4.25. The van der Waals surface area contributed by atoms with Crippen LogP contribution in [0.25, 0.3) is 0 Å². The van der Waals surface area contributed by atoms with Crippen LogP contribution in [0.15, 0.2) is 42.6 Å². The number of aryl methyl sites for hydroxylation is 2. The smallest absolute Gasteiger partial charge is 0.224 e. The van der Waals surface area contributed by atoms with E-state index >= 15 is 0 Å². The molecule has 3 aromatic rings. The Kier molecular flexibility index (Phi) is 7.06. The summed E-state index contributed by atoms with van der Waals surface area (Å²) in [6, 6.07) is 12.5. The maximum absolute atomic E-state index is 12.8. The summed E-state index contributed by atoms with van der Waals surface area (Å²) in [4.78, 5) is 23.9. The van der Waals surface area contributed by atoms with E-state index in [1.54, 1.807) is 7.11 Å². The topological polar surface area (TPSA) is 73.1 Å². The number of methoxy groups -OCH3 is 1. The van der Waals surface area contributed by atoms with Crippen molar-refractivity contribution < 1.29 is 9.53 Å². The molecule has 1 atom stereocenters. The molecule has 3 heterocycles. The first-order valence-corrected chi connectivity index (χ1v) is 11.7. The van der Waals surface area contributed by atoms with Crippen molar-refractivity contribution in [2.24, 2.45) is 0 Å². The number of amides is 1. The minimum atomic E-state index is 0.00946. The van der Waals surface area contributed by atoms with Gasteiger partial charge in [0, 0.05) is 37.3 Å². The molecule has 0 bridgehead atoms. The maximum Gasteiger partial charge on any atom is 0.224 e. The van der Waals surface area contributed by atoms with Gasteiger partial charge in [-0.15, -0.1) is 0 Å². The summed E-state index contributed by atoms with van der Waals surface area (Å²) in [5.74, 6) is 3.06. The third kappa shape index (κ3) is 5.59. The van der Waals surface area contributed by atoms with Gasteiger partial charge in [-0.2, -0.15) is 5.10 Å². The Morgan fingerprint density at radius 2 is 1.94 bits per heavy atom. The Morgan fingerprint density at radius 3 is 2.58 bits per heavy atom. The van der Waals surface area contributed by atoms with Gasteiger partial charge in [0.25, 0.3) is 0 Å². The van der Waals surface area contributed by atoms with Crippen LogP contribution in [0.1, 0.15) is 66.6 Å². The number of carbonyl (C=O) groups is 1. The van der Waals surface area contributed by atoms with Gasteiger partial charge < -0.3 is 9.64 Å². The molecule has 1 aromatic carbocycles. The molecule has 0 aliphatic carbocycles. The van der Waals surface area contributed by atoms with Crippen molar-refractivity contribution in [3.8, 4) is 5.75 Å². The van der Waals surface area contributed by atoms with Crippen molar-refractivity contribution in [1.82, 2.24) is 24.6 Å². The van der Waals surface area contributed by atoms with Crippen molar-refractivity contribution in [2.45, 2.75) is 58.4 Å². The maximum atomic E-state index is 12.8. The van der Waals surface area contributed by atoms with E-state index in [9.17, 15) is 4.79 Å². The number of ether oxygens (including phenoxy) is 1. The van der Waals surface area contributed by atoms with E-state index in [0.717, 1.165) is 55.4 Å². The van der Waals surface area contributed by atoms with Gasteiger partial charge in [0.05, 0.1) is 13.2 Å². The monoisotopic (exact) mass is 447 g/mol. The molecular formula is C26H33N5O2. The third-order valence-corrected chi connectivity index (χ3v) is 6.45. The lowest BCUT2D eigenvalue weighted by Gasteiger charge is -2.32. The summed E-state index contributed by atoms with van der Waals surface area (Å²) in [6.07, 6.45) is 5.16. The number of aromatic nitrogens is 4. The molecule has 1 saturated heterocycles. The fraction of sp³-hybridized carbons (Fsp3) is 0.462. The molecule has 1 aliphatic rings. The van der Waals surface area contributed by atoms with E-state index in [2.05, 4.69) is 34.3 Å². The first-order chi connectivity index (χ1) is 15.9. The van der Waals surface area contributed by atoms with Crippen LogP contribution in [0, 0.1) is 13.8 Å². The largest absolute Gasteiger partial charge is 0.497 e. The van der Waals surface area contributed by atoms with Crippen molar-refractivity contribution in [3.05, 3.63) is 71.1 Å². The molecule has 0 unspecified atom stereocenters. The normalized spacial score (nSPS) is 15.5. The van der Waals surface area contributed by atoms with Crippen LogP contribution in [0.3, 0.4) is 0 Å². The number of hydrogen-bond donors (Lipinski definition) is 0. The third-order valence-electron chi connectivity index (χ3n) is 6.45. The molecule has 1 fully saturated rings. The standard InChI is InChI=1S/C26H33N5O2/c1-18(31-20(3)28-19(2)29-31)14-26(32)30-12-10-23(11-13-30)25-9-8-22(17-27-25)15-21-6-5-7-24(16-21)33-4/h5-9,16-18,23H,10-15H2,1-4H3/t18-/m0/s1. The number of rotatable bonds is 7. The average Bonchev–Trinajstić information content (AvgIpc) is 3.17. The lowest BCUT2D eigenvalue weighted by molar-refractivity contribution is -0.133. The zero-order valence-corrected chi connectivity index (χ0v) is 20.0. The number of carbonyl (C=O) groups excluding carboxylic acids is 1. The summed E-state index contributed by atoms with van der Waals surface area (Å²) < 4.78 is 7.17. The summed E-state index contributed by atoms with van der Waals surface area (Å²) in [7, 11) is 1.69. The van der Waals surface area contributed by atoms with Crippen molar-refractivity contribution >= 4 is 5.91 Å². The van der Waals surface area contributed by atoms with E-state index < -0.39 is 0 Å². The molecule has 2 aromatic heterocycles. The number of pyridine rings is 1. The van der Waals surface area contributed by atoms with Gasteiger partial charge in [-0.05, 0) is 69.4 Å². The molecule has 0 saturated carbocycles. The van der Waals surface area contributed by atoms with Crippen molar-refractivity contribution in [1.29, 1.82) is 0 Å². The lowest BCUT2D eigenvalue weighted by atomic mass is 9.92. The van der Waals surface area contributed by atoms with Crippen LogP contribution >= 0.6 is 0 Å². The van der Waals surface area contributed by atoms with Gasteiger partial charge in [0.1, 0.15) is 17.4 Å². The van der Waals surface area contributed by atoms with Gasteiger partial charge in [-0.25, -0.2) is 9.67 Å². The molecule has 0 spiro atoms. The zero-order valence-electron chi connectivity index (χ0n) is 20.0. The van der Waals surface area contributed by atoms with E-state index in [4.69, 9.17) is 9.72 Å². The molecule has 7 nitrogen and oxygen atoms in total. The Balaban J connectivity index is 1.29. The number of likely N-dealkylation sites (tertiary alicyclic amines) is 1. The summed E-state index contributed by atoms with van der Waals surface area (Å²) in [6.45, 7) is 7.39. The van der Waals surface area contributed by atoms with E-state index in [0.29, 0.717) is 12.3 Å².